The molecule has 0 spiro atoms. The van der Waals surface area contributed by atoms with Crippen LogP contribution in [0.1, 0.15) is 12.8 Å². The summed E-state index contributed by atoms with van der Waals surface area (Å²) in [7, 11) is 2.21. The summed E-state index contributed by atoms with van der Waals surface area (Å²) in [6.45, 7) is 3.51. The number of benzene rings is 1. The van der Waals surface area contributed by atoms with Crippen molar-refractivity contribution in [2.24, 2.45) is 5.92 Å². The highest BCUT2D eigenvalue weighted by atomic mass is 15.3. The fraction of sp³-hybridized carbons (Fsp3) is 0.438. The van der Waals surface area contributed by atoms with Crippen LogP contribution in [0.5, 0.6) is 0 Å². The molecule has 0 atom stereocenters. The second-order valence-corrected chi connectivity index (χ2v) is 5.63. The van der Waals surface area contributed by atoms with E-state index in [9.17, 15) is 0 Å². The molecule has 106 valence electrons. The van der Waals surface area contributed by atoms with Crippen LogP contribution < -0.4 is 5.32 Å². The van der Waals surface area contributed by atoms with Gasteiger partial charge in [0.05, 0.1) is 5.69 Å². The van der Waals surface area contributed by atoms with Crippen LogP contribution in [0.4, 0.5) is 5.69 Å². The zero-order chi connectivity index (χ0) is 13.8. The molecule has 20 heavy (non-hydrogen) atoms. The Morgan fingerprint density at radius 3 is 2.85 bits per heavy atom. The molecule has 3 rings (SSSR count). The first-order chi connectivity index (χ1) is 9.81. The minimum Gasteiger partial charge on any atom is -0.385 e. The zero-order valence-electron chi connectivity index (χ0n) is 12.0. The van der Waals surface area contributed by atoms with E-state index in [4.69, 9.17) is 0 Å². The Hall–Kier alpha value is -1.81. The van der Waals surface area contributed by atoms with E-state index in [1.807, 2.05) is 16.9 Å². The van der Waals surface area contributed by atoms with Crippen LogP contribution in [0, 0.1) is 5.92 Å². The summed E-state index contributed by atoms with van der Waals surface area (Å²) in [5.41, 5.74) is 2.28. The summed E-state index contributed by atoms with van der Waals surface area (Å²) >= 11 is 0. The number of aromatic nitrogens is 2. The lowest BCUT2D eigenvalue weighted by molar-refractivity contribution is 0.226. The molecule has 1 saturated heterocycles. The third-order valence-electron chi connectivity index (χ3n) is 4.05. The zero-order valence-corrected chi connectivity index (χ0v) is 12.0. The number of rotatable bonds is 4. The predicted octanol–water partition coefficient (Wildman–Crippen LogP) is 2.63. The summed E-state index contributed by atoms with van der Waals surface area (Å²) in [6.07, 6.45) is 6.36. The van der Waals surface area contributed by atoms with Crippen LogP contribution in [-0.2, 0) is 0 Å². The van der Waals surface area contributed by atoms with Gasteiger partial charge < -0.3 is 10.2 Å². The molecule has 0 amide bonds. The molecule has 4 nitrogen and oxygen atoms in total. The van der Waals surface area contributed by atoms with Crippen molar-refractivity contribution in [3.63, 3.8) is 0 Å². The van der Waals surface area contributed by atoms with Crippen LogP contribution in [0.2, 0.25) is 0 Å². The highest BCUT2D eigenvalue weighted by Gasteiger charge is 2.16. The van der Waals surface area contributed by atoms with E-state index in [-0.39, 0.29) is 0 Å². The van der Waals surface area contributed by atoms with Crippen molar-refractivity contribution in [3.8, 4) is 5.69 Å². The maximum atomic E-state index is 4.27. The first-order valence-electron chi connectivity index (χ1n) is 7.34. The molecule has 0 aliphatic carbocycles. The van der Waals surface area contributed by atoms with Gasteiger partial charge in [0.1, 0.15) is 0 Å². The smallest absolute Gasteiger partial charge is 0.0666 e. The van der Waals surface area contributed by atoms with E-state index >= 15 is 0 Å². The average molecular weight is 270 g/mol. The van der Waals surface area contributed by atoms with Gasteiger partial charge in [0, 0.05) is 24.6 Å². The second kappa shape index (κ2) is 6.09. The van der Waals surface area contributed by atoms with Crippen molar-refractivity contribution in [3.05, 3.63) is 42.7 Å². The molecule has 0 saturated carbocycles. The van der Waals surface area contributed by atoms with E-state index in [0.29, 0.717) is 0 Å². The number of nitrogens with zero attached hydrogens (tertiary/aromatic N) is 3. The summed E-state index contributed by atoms with van der Waals surface area (Å²) < 4.78 is 1.89. The summed E-state index contributed by atoms with van der Waals surface area (Å²) in [6, 6.07) is 10.4. The monoisotopic (exact) mass is 270 g/mol. The highest BCUT2D eigenvalue weighted by Crippen LogP contribution is 2.18. The van der Waals surface area contributed by atoms with E-state index in [1.54, 1.807) is 6.20 Å². The summed E-state index contributed by atoms with van der Waals surface area (Å²) in [4.78, 5) is 2.41. The lowest BCUT2D eigenvalue weighted by atomic mass is 9.97. The summed E-state index contributed by atoms with van der Waals surface area (Å²) in [5.74, 6) is 0.791. The molecule has 1 aromatic carbocycles. The largest absolute Gasteiger partial charge is 0.385 e. The molecule has 1 aliphatic heterocycles. The van der Waals surface area contributed by atoms with Crippen molar-refractivity contribution in [2.45, 2.75) is 12.8 Å². The van der Waals surface area contributed by atoms with Gasteiger partial charge in [0.25, 0.3) is 0 Å². The van der Waals surface area contributed by atoms with Gasteiger partial charge in [-0.15, -0.1) is 0 Å². The lowest BCUT2D eigenvalue weighted by Crippen LogP contribution is -2.32. The van der Waals surface area contributed by atoms with E-state index in [2.05, 4.69) is 46.6 Å². The van der Waals surface area contributed by atoms with Crippen LogP contribution in [0.3, 0.4) is 0 Å². The number of nitrogens with one attached hydrogen (secondary N) is 1. The molecule has 0 unspecified atom stereocenters. The Bertz CT molecular complexity index is 527. The van der Waals surface area contributed by atoms with Crippen LogP contribution in [-0.4, -0.2) is 41.4 Å². The van der Waals surface area contributed by atoms with E-state index in [1.165, 1.54) is 31.6 Å². The van der Waals surface area contributed by atoms with Gasteiger partial charge >= 0.3 is 0 Å². The minimum atomic E-state index is 0.791. The molecule has 1 N–H and O–H groups in total. The van der Waals surface area contributed by atoms with Gasteiger partial charge in [-0.1, -0.05) is 6.07 Å². The SMILES string of the molecule is CN1CCC(CNc2cccc(-n3cccn3)c2)CC1. The second-order valence-electron chi connectivity index (χ2n) is 5.63. The third kappa shape index (κ3) is 3.20. The molecule has 4 heteroatoms. The topological polar surface area (TPSA) is 33.1 Å². The fourth-order valence-corrected chi connectivity index (χ4v) is 2.71. The minimum absolute atomic E-state index is 0.791. The Labute approximate surface area is 120 Å². The molecular formula is C16H22N4. The van der Waals surface area contributed by atoms with Crippen LogP contribution in [0.25, 0.3) is 5.69 Å². The molecule has 2 aromatic rings. The van der Waals surface area contributed by atoms with Gasteiger partial charge in [0.2, 0.25) is 0 Å². The van der Waals surface area contributed by atoms with E-state index < -0.39 is 0 Å². The Morgan fingerprint density at radius 1 is 1.25 bits per heavy atom. The van der Waals surface area contributed by atoms with Crippen molar-refractivity contribution >= 4 is 5.69 Å². The number of hydrogen-bond donors (Lipinski definition) is 1. The molecule has 0 radical (unpaired) electrons. The van der Waals surface area contributed by atoms with Gasteiger partial charge in [0.15, 0.2) is 0 Å². The Kier molecular flexibility index (Phi) is 4.02. The van der Waals surface area contributed by atoms with Gasteiger partial charge in [-0.05, 0) is 63.2 Å². The van der Waals surface area contributed by atoms with Gasteiger partial charge in [-0.2, -0.15) is 5.10 Å². The molecular weight excluding hydrogens is 248 g/mol. The maximum Gasteiger partial charge on any atom is 0.0666 e. The number of anilines is 1. The Balaban J connectivity index is 1.59. The number of likely N-dealkylation sites (tertiary alicyclic amines) is 1. The molecule has 1 fully saturated rings. The summed E-state index contributed by atoms with van der Waals surface area (Å²) in [5, 5.41) is 7.84. The normalized spacial score (nSPS) is 17.2. The average Bonchev–Trinajstić information content (AvgIpc) is 3.01. The Morgan fingerprint density at radius 2 is 2.10 bits per heavy atom. The number of hydrogen-bond acceptors (Lipinski definition) is 3. The number of piperidine rings is 1. The van der Waals surface area contributed by atoms with Crippen molar-refractivity contribution in [2.75, 3.05) is 32.0 Å². The lowest BCUT2D eigenvalue weighted by Gasteiger charge is -2.29. The molecule has 0 bridgehead atoms. The van der Waals surface area contributed by atoms with Gasteiger partial charge in [-0.3, -0.25) is 0 Å². The molecule has 1 aromatic heterocycles. The maximum absolute atomic E-state index is 4.27. The molecule has 1 aliphatic rings. The quantitative estimate of drug-likeness (QED) is 0.927. The first kappa shape index (κ1) is 13.2. The van der Waals surface area contributed by atoms with Crippen molar-refractivity contribution < 1.29 is 0 Å². The predicted molar refractivity (Wildman–Crippen MR) is 82.3 cm³/mol. The van der Waals surface area contributed by atoms with Gasteiger partial charge in [-0.25, -0.2) is 4.68 Å². The first-order valence-corrected chi connectivity index (χ1v) is 7.34. The van der Waals surface area contributed by atoms with E-state index in [0.717, 1.165) is 18.2 Å². The van der Waals surface area contributed by atoms with Crippen LogP contribution in [0.15, 0.2) is 42.7 Å². The van der Waals surface area contributed by atoms with Crippen molar-refractivity contribution in [1.82, 2.24) is 14.7 Å². The molecule has 2 heterocycles. The fourth-order valence-electron chi connectivity index (χ4n) is 2.71. The van der Waals surface area contributed by atoms with Crippen LogP contribution >= 0.6 is 0 Å². The van der Waals surface area contributed by atoms with Crippen molar-refractivity contribution in [1.29, 1.82) is 0 Å². The third-order valence-corrected chi connectivity index (χ3v) is 4.05. The standard InChI is InChI=1S/C16H22N4/c1-19-10-6-14(7-11-19)13-17-15-4-2-5-16(12-15)20-9-3-8-18-20/h2-5,8-9,12,14,17H,6-7,10-11,13H2,1H3. The highest BCUT2D eigenvalue weighted by molar-refractivity contribution is 5.50.